The molecule has 0 bridgehead atoms. The van der Waals surface area contributed by atoms with Crippen molar-refractivity contribution in [3.63, 3.8) is 0 Å². The molecule has 1 aromatic rings. The van der Waals surface area contributed by atoms with Crippen molar-refractivity contribution in [1.82, 2.24) is 0 Å². The standard InChI is InChI=1S/C12H12OS/c13-9-11-3-5-12(6-4-11)10-14-7-1-2-8-14/h1-9,14H,10H2. The van der Waals surface area contributed by atoms with Crippen LogP contribution in [0.25, 0.3) is 0 Å². The van der Waals surface area contributed by atoms with Crippen LogP contribution in [-0.2, 0) is 5.75 Å². The van der Waals surface area contributed by atoms with Crippen molar-refractivity contribution in [3.05, 3.63) is 58.4 Å². The van der Waals surface area contributed by atoms with Crippen LogP contribution in [0, 0.1) is 0 Å². The van der Waals surface area contributed by atoms with Crippen LogP contribution >= 0.6 is 10.9 Å². The van der Waals surface area contributed by atoms with Gasteiger partial charge in [-0.3, -0.25) is 4.79 Å². The summed E-state index contributed by atoms with van der Waals surface area (Å²) in [6.45, 7) is 0. The Kier molecular flexibility index (Phi) is 2.84. The fourth-order valence-corrected chi connectivity index (χ4v) is 2.97. The molecule has 0 spiro atoms. The van der Waals surface area contributed by atoms with E-state index >= 15 is 0 Å². The van der Waals surface area contributed by atoms with E-state index in [1.807, 2.05) is 24.3 Å². The third-order valence-corrected chi connectivity index (χ3v) is 3.99. The lowest BCUT2D eigenvalue weighted by atomic mass is 10.2. The van der Waals surface area contributed by atoms with Gasteiger partial charge in [0.05, 0.1) is 0 Å². The van der Waals surface area contributed by atoms with Gasteiger partial charge in [0.15, 0.2) is 0 Å². The lowest BCUT2D eigenvalue weighted by Gasteiger charge is -2.09. The van der Waals surface area contributed by atoms with Crippen LogP contribution in [0.2, 0.25) is 0 Å². The Balaban J connectivity index is 2.06. The highest BCUT2D eigenvalue weighted by atomic mass is 32.2. The van der Waals surface area contributed by atoms with Crippen molar-refractivity contribution in [3.8, 4) is 0 Å². The molecule has 0 aliphatic carbocycles. The Morgan fingerprint density at radius 2 is 1.71 bits per heavy atom. The first-order valence-electron chi connectivity index (χ1n) is 4.53. The fourth-order valence-electron chi connectivity index (χ4n) is 1.39. The third kappa shape index (κ3) is 2.15. The van der Waals surface area contributed by atoms with E-state index < -0.39 is 0 Å². The predicted octanol–water partition coefficient (Wildman–Crippen LogP) is 3.04. The molecule has 1 aliphatic heterocycles. The molecule has 0 unspecified atom stereocenters. The van der Waals surface area contributed by atoms with Crippen molar-refractivity contribution in [1.29, 1.82) is 0 Å². The van der Waals surface area contributed by atoms with Crippen molar-refractivity contribution in [2.45, 2.75) is 5.75 Å². The number of carbonyl (C=O) groups excluding carboxylic acids is 1. The van der Waals surface area contributed by atoms with Gasteiger partial charge >= 0.3 is 0 Å². The van der Waals surface area contributed by atoms with Crippen LogP contribution in [-0.4, -0.2) is 6.29 Å². The molecule has 1 aromatic carbocycles. The Morgan fingerprint density at radius 3 is 2.29 bits per heavy atom. The van der Waals surface area contributed by atoms with Crippen LogP contribution in [0.1, 0.15) is 15.9 Å². The molecule has 0 saturated heterocycles. The normalized spacial score (nSPS) is 16.1. The quantitative estimate of drug-likeness (QED) is 0.591. The molecule has 2 rings (SSSR count). The van der Waals surface area contributed by atoms with Crippen LogP contribution in [0.3, 0.4) is 0 Å². The van der Waals surface area contributed by atoms with E-state index in [0.717, 1.165) is 17.6 Å². The maximum atomic E-state index is 10.4. The van der Waals surface area contributed by atoms with Gasteiger partial charge in [-0.05, 0) is 16.4 Å². The Morgan fingerprint density at radius 1 is 1.07 bits per heavy atom. The van der Waals surface area contributed by atoms with Crippen molar-refractivity contribution >= 4 is 17.2 Å². The van der Waals surface area contributed by atoms with Crippen LogP contribution < -0.4 is 0 Å². The summed E-state index contributed by atoms with van der Waals surface area (Å²) < 4.78 is 0. The smallest absolute Gasteiger partial charge is 0.150 e. The van der Waals surface area contributed by atoms with Crippen molar-refractivity contribution in [2.75, 3.05) is 0 Å². The minimum atomic E-state index is -0.0847. The molecule has 0 radical (unpaired) electrons. The topological polar surface area (TPSA) is 17.1 Å². The Hall–Kier alpha value is -1.28. The highest BCUT2D eigenvalue weighted by Crippen LogP contribution is 2.36. The van der Waals surface area contributed by atoms with Gasteiger partial charge in [-0.1, -0.05) is 36.4 Å². The lowest BCUT2D eigenvalue weighted by Crippen LogP contribution is -1.84. The predicted molar refractivity (Wildman–Crippen MR) is 62.8 cm³/mol. The summed E-state index contributed by atoms with van der Waals surface area (Å²) >= 11 is 0. The molecule has 0 amide bonds. The molecule has 0 saturated carbocycles. The first kappa shape index (κ1) is 9.28. The summed E-state index contributed by atoms with van der Waals surface area (Å²) in [6.07, 6.45) is 5.08. The maximum absolute atomic E-state index is 10.4. The average Bonchev–Trinajstić information content (AvgIpc) is 2.72. The number of thiol groups is 1. The SMILES string of the molecule is O=Cc1ccc(C[SH]2C=CC=C2)cc1. The van der Waals surface area contributed by atoms with Gasteiger partial charge in [0.1, 0.15) is 6.29 Å². The average molecular weight is 204 g/mol. The number of carbonyl (C=O) groups is 1. The number of hydrogen-bond donors (Lipinski definition) is 1. The summed E-state index contributed by atoms with van der Waals surface area (Å²) in [7, 11) is -0.0847. The number of benzene rings is 1. The maximum Gasteiger partial charge on any atom is 0.150 e. The van der Waals surface area contributed by atoms with Gasteiger partial charge in [-0.25, -0.2) is 10.9 Å². The Bertz CT molecular complexity index is 364. The van der Waals surface area contributed by atoms with E-state index in [0.29, 0.717) is 0 Å². The molecule has 72 valence electrons. The number of rotatable bonds is 3. The lowest BCUT2D eigenvalue weighted by molar-refractivity contribution is 0.112. The van der Waals surface area contributed by atoms with Gasteiger partial charge in [-0.2, -0.15) is 0 Å². The molecule has 0 fully saturated rings. The first-order valence-corrected chi connectivity index (χ1v) is 6.20. The van der Waals surface area contributed by atoms with Crippen LogP contribution in [0.5, 0.6) is 0 Å². The monoisotopic (exact) mass is 204 g/mol. The molecular weight excluding hydrogens is 192 g/mol. The zero-order valence-electron chi connectivity index (χ0n) is 7.76. The van der Waals surface area contributed by atoms with E-state index in [-0.39, 0.29) is 10.9 Å². The summed E-state index contributed by atoms with van der Waals surface area (Å²) in [5.41, 5.74) is 2.05. The van der Waals surface area contributed by atoms with E-state index in [1.165, 1.54) is 5.56 Å². The summed E-state index contributed by atoms with van der Waals surface area (Å²) in [5.74, 6) is 1.08. The second kappa shape index (κ2) is 4.29. The molecule has 1 heterocycles. The van der Waals surface area contributed by atoms with Crippen molar-refractivity contribution < 1.29 is 4.79 Å². The zero-order valence-corrected chi connectivity index (χ0v) is 8.65. The third-order valence-electron chi connectivity index (χ3n) is 2.15. The minimum Gasteiger partial charge on any atom is -0.298 e. The van der Waals surface area contributed by atoms with Crippen LogP contribution in [0.15, 0.2) is 47.2 Å². The van der Waals surface area contributed by atoms with Crippen LogP contribution in [0.4, 0.5) is 0 Å². The highest BCUT2D eigenvalue weighted by Gasteiger charge is 2.00. The molecule has 2 heteroatoms. The molecule has 0 atom stereocenters. The fraction of sp³-hybridized carbons (Fsp3) is 0.0833. The minimum absolute atomic E-state index is 0.0847. The molecule has 14 heavy (non-hydrogen) atoms. The summed E-state index contributed by atoms with van der Waals surface area (Å²) in [6, 6.07) is 7.82. The molecule has 0 aromatic heterocycles. The van der Waals surface area contributed by atoms with Gasteiger partial charge in [0, 0.05) is 11.3 Å². The first-order chi connectivity index (χ1) is 6.88. The Labute approximate surface area is 86.5 Å². The number of hydrogen-bond acceptors (Lipinski definition) is 1. The van der Waals surface area contributed by atoms with E-state index in [9.17, 15) is 4.79 Å². The zero-order chi connectivity index (χ0) is 9.80. The largest absolute Gasteiger partial charge is 0.298 e. The van der Waals surface area contributed by atoms with Crippen molar-refractivity contribution in [2.24, 2.45) is 0 Å². The van der Waals surface area contributed by atoms with Gasteiger partial charge < -0.3 is 0 Å². The summed E-state index contributed by atoms with van der Waals surface area (Å²) in [4.78, 5) is 10.4. The molecule has 1 nitrogen and oxygen atoms in total. The number of aldehydes is 1. The molecular formula is C12H12OS. The second-order valence-electron chi connectivity index (χ2n) is 3.21. The van der Waals surface area contributed by atoms with Gasteiger partial charge in [0.25, 0.3) is 0 Å². The second-order valence-corrected chi connectivity index (χ2v) is 5.16. The molecule has 0 N–H and O–H groups in total. The van der Waals surface area contributed by atoms with E-state index in [4.69, 9.17) is 0 Å². The van der Waals surface area contributed by atoms with Gasteiger partial charge in [-0.15, -0.1) is 0 Å². The van der Waals surface area contributed by atoms with E-state index in [1.54, 1.807) is 0 Å². The highest BCUT2D eigenvalue weighted by molar-refractivity contribution is 8.21. The number of allylic oxidation sites excluding steroid dienone is 2. The van der Waals surface area contributed by atoms with E-state index in [2.05, 4.69) is 23.0 Å². The van der Waals surface area contributed by atoms with Gasteiger partial charge in [0.2, 0.25) is 0 Å². The molecule has 1 aliphatic rings. The summed E-state index contributed by atoms with van der Waals surface area (Å²) in [5, 5.41) is 4.51.